The Morgan fingerprint density at radius 1 is 1.40 bits per heavy atom. The molecule has 0 aliphatic rings. The molecular weight excluding hydrogens is 456 g/mol. The van der Waals surface area contributed by atoms with E-state index in [1.807, 2.05) is 19.1 Å². The molecule has 20 heavy (non-hydrogen) atoms. The van der Waals surface area contributed by atoms with E-state index in [9.17, 15) is 0 Å². The highest BCUT2D eigenvalue weighted by Gasteiger charge is 2.11. The van der Waals surface area contributed by atoms with E-state index >= 15 is 0 Å². The average Bonchev–Trinajstić information content (AvgIpc) is 2.94. The molecule has 9 heteroatoms. The number of halogens is 3. The maximum Gasteiger partial charge on any atom is 0.216 e. The third-order valence-corrected chi connectivity index (χ3v) is 4.91. The molecule has 0 radical (unpaired) electrons. The SMILES string of the molecule is Cc1c(Br)cc(Br)c(NC=C(C#N)c2nn[nH]n2)c1Br. The van der Waals surface area contributed by atoms with Crippen LogP contribution in [0.3, 0.4) is 0 Å². The van der Waals surface area contributed by atoms with Crippen molar-refractivity contribution in [2.45, 2.75) is 6.92 Å². The standard InChI is InChI=1S/C11H7Br3N6/c1-5-7(12)2-8(13)10(9(5)14)16-4-6(3-15)11-17-19-20-18-11/h2,4,16H,1H3,(H,17,18,19,20). The summed E-state index contributed by atoms with van der Waals surface area (Å²) in [7, 11) is 0. The molecule has 1 heterocycles. The van der Waals surface area contributed by atoms with Crippen LogP contribution < -0.4 is 5.32 Å². The van der Waals surface area contributed by atoms with Gasteiger partial charge in [-0.05, 0) is 55.6 Å². The van der Waals surface area contributed by atoms with E-state index in [1.165, 1.54) is 6.20 Å². The summed E-state index contributed by atoms with van der Waals surface area (Å²) in [6.07, 6.45) is 1.53. The summed E-state index contributed by atoms with van der Waals surface area (Å²) in [5, 5.41) is 25.4. The van der Waals surface area contributed by atoms with Crippen molar-refractivity contribution in [3.8, 4) is 6.07 Å². The lowest BCUT2D eigenvalue weighted by Crippen LogP contribution is -1.96. The summed E-state index contributed by atoms with van der Waals surface area (Å²) in [4.78, 5) is 0. The van der Waals surface area contributed by atoms with Gasteiger partial charge in [-0.25, -0.2) is 0 Å². The fourth-order valence-electron chi connectivity index (χ4n) is 1.39. The summed E-state index contributed by atoms with van der Waals surface area (Å²) in [5.74, 6) is 0.237. The van der Waals surface area contributed by atoms with Crippen LogP contribution in [0.15, 0.2) is 25.7 Å². The highest BCUT2D eigenvalue weighted by Crippen LogP contribution is 2.38. The van der Waals surface area contributed by atoms with Gasteiger partial charge < -0.3 is 5.32 Å². The van der Waals surface area contributed by atoms with Gasteiger partial charge in [-0.3, -0.25) is 0 Å². The Kier molecular flexibility index (Phi) is 4.91. The predicted molar refractivity (Wildman–Crippen MR) is 85.7 cm³/mol. The monoisotopic (exact) mass is 460 g/mol. The summed E-state index contributed by atoms with van der Waals surface area (Å²) < 4.78 is 2.72. The Balaban J connectivity index is 2.36. The number of tetrazole rings is 1. The number of nitrogens with one attached hydrogen (secondary N) is 2. The second-order valence-electron chi connectivity index (χ2n) is 3.70. The van der Waals surface area contributed by atoms with Crippen molar-refractivity contribution in [1.29, 1.82) is 5.26 Å². The summed E-state index contributed by atoms with van der Waals surface area (Å²) in [5.41, 5.74) is 2.13. The Hall–Kier alpha value is -1.24. The minimum Gasteiger partial charge on any atom is -0.358 e. The molecule has 0 saturated carbocycles. The number of nitrogens with zero attached hydrogens (tertiary/aromatic N) is 4. The molecule has 2 rings (SSSR count). The van der Waals surface area contributed by atoms with Crippen LogP contribution in [0.5, 0.6) is 0 Å². The smallest absolute Gasteiger partial charge is 0.216 e. The molecule has 0 aliphatic heterocycles. The molecule has 0 amide bonds. The fourth-order valence-corrected chi connectivity index (χ4v) is 3.74. The van der Waals surface area contributed by atoms with E-state index < -0.39 is 0 Å². The van der Waals surface area contributed by atoms with Gasteiger partial charge in [0, 0.05) is 19.6 Å². The van der Waals surface area contributed by atoms with Crippen LogP contribution in [-0.4, -0.2) is 20.6 Å². The molecule has 6 nitrogen and oxygen atoms in total. The van der Waals surface area contributed by atoms with E-state index in [1.54, 1.807) is 0 Å². The van der Waals surface area contributed by atoms with E-state index in [0.717, 1.165) is 24.7 Å². The second kappa shape index (κ2) is 6.47. The van der Waals surface area contributed by atoms with Crippen LogP contribution in [0, 0.1) is 18.3 Å². The number of anilines is 1. The average molecular weight is 463 g/mol. The van der Waals surface area contributed by atoms with Crippen LogP contribution in [0.2, 0.25) is 0 Å². The molecule has 0 saturated heterocycles. The number of aromatic nitrogens is 4. The number of benzene rings is 1. The third-order valence-electron chi connectivity index (χ3n) is 2.47. The van der Waals surface area contributed by atoms with Crippen molar-refractivity contribution >= 4 is 59.1 Å². The van der Waals surface area contributed by atoms with E-state index in [0.29, 0.717) is 0 Å². The van der Waals surface area contributed by atoms with Gasteiger partial charge in [-0.2, -0.15) is 10.5 Å². The van der Waals surface area contributed by atoms with E-state index in [-0.39, 0.29) is 11.4 Å². The first-order valence-electron chi connectivity index (χ1n) is 5.29. The normalized spacial score (nSPS) is 11.2. The molecule has 0 spiro atoms. The first-order valence-corrected chi connectivity index (χ1v) is 7.67. The molecule has 0 fully saturated rings. The number of hydrogen-bond acceptors (Lipinski definition) is 5. The Labute approximate surface area is 140 Å². The molecule has 1 aromatic heterocycles. The number of hydrogen-bond donors (Lipinski definition) is 2. The molecule has 0 aliphatic carbocycles. The maximum atomic E-state index is 9.10. The molecule has 102 valence electrons. The van der Waals surface area contributed by atoms with Crippen molar-refractivity contribution in [1.82, 2.24) is 20.6 Å². The highest BCUT2D eigenvalue weighted by atomic mass is 79.9. The predicted octanol–water partition coefficient (Wildman–Crippen LogP) is 3.77. The minimum absolute atomic E-state index is 0.237. The maximum absolute atomic E-state index is 9.10. The Morgan fingerprint density at radius 2 is 2.15 bits per heavy atom. The molecule has 0 bridgehead atoms. The number of aromatic amines is 1. The first-order chi connectivity index (χ1) is 9.54. The van der Waals surface area contributed by atoms with Crippen LogP contribution >= 0.6 is 47.8 Å². The van der Waals surface area contributed by atoms with Crippen molar-refractivity contribution in [3.63, 3.8) is 0 Å². The van der Waals surface area contributed by atoms with Gasteiger partial charge >= 0.3 is 0 Å². The number of H-pyrrole nitrogens is 1. The van der Waals surface area contributed by atoms with Gasteiger partial charge in [0.15, 0.2) is 0 Å². The van der Waals surface area contributed by atoms with E-state index in [4.69, 9.17) is 5.26 Å². The highest BCUT2D eigenvalue weighted by molar-refractivity contribution is 9.11. The Bertz CT molecular complexity index is 702. The Morgan fingerprint density at radius 3 is 2.75 bits per heavy atom. The summed E-state index contributed by atoms with van der Waals surface area (Å²) >= 11 is 10.5. The number of nitriles is 1. The number of allylic oxidation sites excluding steroid dienone is 1. The minimum atomic E-state index is 0.237. The topological polar surface area (TPSA) is 90.3 Å². The lowest BCUT2D eigenvalue weighted by molar-refractivity contribution is 0.881. The summed E-state index contributed by atoms with van der Waals surface area (Å²) in [6.45, 7) is 1.97. The van der Waals surface area contributed by atoms with Gasteiger partial charge in [-0.1, -0.05) is 15.9 Å². The van der Waals surface area contributed by atoms with Gasteiger partial charge in [-0.15, -0.1) is 10.2 Å². The van der Waals surface area contributed by atoms with Crippen LogP contribution in [0.25, 0.3) is 5.57 Å². The lowest BCUT2D eigenvalue weighted by Gasteiger charge is -2.11. The lowest BCUT2D eigenvalue weighted by atomic mass is 10.2. The zero-order valence-corrected chi connectivity index (χ0v) is 14.8. The second-order valence-corrected chi connectivity index (χ2v) is 6.21. The van der Waals surface area contributed by atoms with Crippen LogP contribution in [-0.2, 0) is 0 Å². The molecule has 0 unspecified atom stereocenters. The third kappa shape index (κ3) is 3.08. The van der Waals surface area contributed by atoms with Gasteiger partial charge in [0.05, 0.1) is 5.69 Å². The molecular formula is C11H7Br3N6. The van der Waals surface area contributed by atoms with Crippen molar-refractivity contribution < 1.29 is 0 Å². The van der Waals surface area contributed by atoms with Crippen LogP contribution in [0.4, 0.5) is 5.69 Å². The molecule has 1 aromatic carbocycles. The quantitative estimate of drug-likeness (QED) is 0.677. The zero-order valence-electron chi connectivity index (χ0n) is 10.1. The van der Waals surface area contributed by atoms with E-state index in [2.05, 4.69) is 73.7 Å². The van der Waals surface area contributed by atoms with Gasteiger partial charge in [0.1, 0.15) is 11.6 Å². The molecule has 2 N–H and O–H groups in total. The zero-order chi connectivity index (χ0) is 14.7. The van der Waals surface area contributed by atoms with Crippen molar-refractivity contribution in [2.75, 3.05) is 5.32 Å². The van der Waals surface area contributed by atoms with Gasteiger partial charge in [0.25, 0.3) is 0 Å². The van der Waals surface area contributed by atoms with Crippen molar-refractivity contribution in [2.24, 2.45) is 0 Å². The number of rotatable bonds is 3. The summed E-state index contributed by atoms with van der Waals surface area (Å²) in [6, 6.07) is 3.94. The molecule has 0 atom stereocenters. The van der Waals surface area contributed by atoms with Gasteiger partial charge in [0.2, 0.25) is 5.82 Å². The molecule has 2 aromatic rings. The van der Waals surface area contributed by atoms with Crippen molar-refractivity contribution in [3.05, 3.63) is 37.1 Å². The van der Waals surface area contributed by atoms with Crippen LogP contribution in [0.1, 0.15) is 11.4 Å². The fraction of sp³-hybridized carbons (Fsp3) is 0.0909. The first kappa shape index (κ1) is 15.2. The largest absolute Gasteiger partial charge is 0.358 e.